The van der Waals surface area contributed by atoms with E-state index in [0.717, 1.165) is 0 Å². The first-order chi connectivity index (χ1) is 14.5. The molecule has 1 saturated heterocycles. The molecule has 1 N–H and O–H groups in total. The van der Waals surface area contributed by atoms with Crippen molar-refractivity contribution in [2.24, 2.45) is 0 Å². The molecule has 0 aliphatic carbocycles. The standard InChI is InChI=1S/C23H16ClFN2O3/c24-20-13-15(9-10-21(20)30-14-16-5-4-6-17(25)11-16)12-19-22(28)26-27(23(19)29)18-7-2-1-3-8-18/h1-13H,14H2,(H,26,28). The van der Waals surface area contributed by atoms with Gasteiger partial charge >= 0.3 is 0 Å². The van der Waals surface area contributed by atoms with Crippen LogP contribution in [0.25, 0.3) is 6.08 Å². The van der Waals surface area contributed by atoms with E-state index in [9.17, 15) is 14.0 Å². The summed E-state index contributed by atoms with van der Waals surface area (Å²) in [4.78, 5) is 24.9. The molecule has 1 heterocycles. The minimum Gasteiger partial charge on any atom is -0.487 e. The Balaban J connectivity index is 1.50. The van der Waals surface area contributed by atoms with Gasteiger partial charge in [0.1, 0.15) is 23.7 Å². The van der Waals surface area contributed by atoms with Gasteiger partial charge in [0.2, 0.25) is 0 Å². The Morgan fingerprint density at radius 1 is 1.00 bits per heavy atom. The monoisotopic (exact) mass is 422 g/mol. The van der Waals surface area contributed by atoms with Crippen molar-refractivity contribution >= 4 is 35.2 Å². The quantitative estimate of drug-likeness (QED) is 0.486. The fourth-order valence-corrected chi connectivity index (χ4v) is 3.24. The van der Waals surface area contributed by atoms with E-state index >= 15 is 0 Å². The van der Waals surface area contributed by atoms with E-state index in [2.05, 4.69) is 5.43 Å². The molecule has 0 spiro atoms. The number of carbonyl (C=O) groups excluding carboxylic acids is 2. The zero-order valence-corrected chi connectivity index (χ0v) is 16.4. The molecular formula is C23H16ClFN2O3. The zero-order chi connectivity index (χ0) is 21.1. The highest BCUT2D eigenvalue weighted by atomic mass is 35.5. The van der Waals surface area contributed by atoms with Crippen molar-refractivity contribution in [2.45, 2.75) is 6.61 Å². The van der Waals surface area contributed by atoms with E-state index in [1.807, 2.05) is 6.07 Å². The summed E-state index contributed by atoms with van der Waals surface area (Å²) in [7, 11) is 0. The Bertz CT molecular complexity index is 1150. The lowest BCUT2D eigenvalue weighted by molar-refractivity contribution is -0.117. The number of benzene rings is 3. The lowest BCUT2D eigenvalue weighted by Crippen LogP contribution is -2.35. The predicted octanol–water partition coefficient (Wildman–Crippen LogP) is 4.52. The van der Waals surface area contributed by atoms with Crippen molar-refractivity contribution < 1.29 is 18.7 Å². The number of hydrazine groups is 1. The minimum atomic E-state index is -0.494. The van der Waals surface area contributed by atoms with Crippen LogP contribution in [-0.2, 0) is 16.2 Å². The SMILES string of the molecule is O=C1NN(c2ccccc2)C(=O)C1=Cc1ccc(OCc2cccc(F)c2)c(Cl)c1. The van der Waals surface area contributed by atoms with Crippen molar-refractivity contribution in [1.82, 2.24) is 5.43 Å². The van der Waals surface area contributed by atoms with E-state index in [-0.39, 0.29) is 18.0 Å². The van der Waals surface area contributed by atoms with Gasteiger partial charge in [-0.05, 0) is 53.6 Å². The first-order valence-electron chi connectivity index (χ1n) is 9.10. The molecule has 1 fully saturated rings. The fraction of sp³-hybridized carbons (Fsp3) is 0.0435. The summed E-state index contributed by atoms with van der Waals surface area (Å²) in [5.41, 5.74) is 4.37. The maximum Gasteiger partial charge on any atom is 0.282 e. The maximum atomic E-state index is 13.3. The topological polar surface area (TPSA) is 58.6 Å². The summed E-state index contributed by atoms with van der Waals surface area (Å²) in [6, 6.07) is 19.8. The third-order valence-electron chi connectivity index (χ3n) is 4.46. The average Bonchev–Trinajstić information content (AvgIpc) is 3.02. The Morgan fingerprint density at radius 3 is 2.53 bits per heavy atom. The predicted molar refractivity (Wildman–Crippen MR) is 112 cm³/mol. The normalized spacial score (nSPS) is 14.9. The molecule has 0 saturated carbocycles. The summed E-state index contributed by atoms with van der Waals surface area (Å²) in [6.07, 6.45) is 1.48. The van der Waals surface area contributed by atoms with Gasteiger partial charge < -0.3 is 4.74 Å². The molecule has 3 aromatic rings. The Hall–Kier alpha value is -3.64. The number of amides is 2. The molecule has 7 heteroatoms. The van der Waals surface area contributed by atoms with Crippen LogP contribution >= 0.6 is 11.6 Å². The van der Waals surface area contributed by atoms with Crippen LogP contribution in [0.3, 0.4) is 0 Å². The molecule has 0 bridgehead atoms. The molecule has 0 radical (unpaired) electrons. The number of hydrogen-bond acceptors (Lipinski definition) is 3. The van der Waals surface area contributed by atoms with Crippen molar-refractivity contribution in [3.63, 3.8) is 0 Å². The highest BCUT2D eigenvalue weighted by Gasteiger charge is 2.34. The second-order valence-corrected chi connectivity index (χ2v) is 6.99. The summed E-state index contributed by atoms with van der Waals surface area (Å²) in [5.74, 6) is -0.871. The smallest absolute Gasteiger partial charge is 0.282 e. The molecule has 3 aromatic carbocycles. The minimum absolute atomic E-state index is 0.00310. The number of anilines is 1. The summed E-state index contributed by atoms with van der Waals surface area (Å²) in [5, 5.41) is 1.51. The Labute approximate surface area is 177 Å². The molecule has 0 unspecified atom stereocenters. The molecular weight excluding hydrogens is 407 g/mol. The highest BCUT2D eigenvalue weighted by Crippen LogP contribution is 2.28. The number of para-hydroxylation sites is 1. The maximum absolute atomic E-state index is 13.3. The van der Waals surface area contributed by atoms with Crippen molar-refractivity contribution in [1.29, 1.82) is 0 Å². The third kappa shape index (κ3) is 4.18. The molecule has 1 aliphatic heterocycles. The Morgan fingerprint density at radius 2 is 1.80 bits per heavy atom. The van der Waals surface area contributed by atoms with Crippen LogP contribution < -0.4 is 15.2 Å². The third-order valence-corrected chi connectivity index (χ3v) is 4.75. The number of carbonyl (C=O) groups is 2. The van der Waals surface area contributed by atoms with E-state index in [4.69, 9.17) is 16.3 Å². The molecule has 4 rings (SSSR count). The van der Waals surface area contributed by atoms with Gasteiger partial charge in [-0.15, -0.1) is 0 Å². The lowest BCUT2D eigenvalue weighted by atomic mass is 10.1. The van der Waals surface area contributed by atoms with Crippen LogP contribution in [0.1, 0.15) is 11.1 Å². The number of nitrogens with zero attached hydrogens (tertiary/aromatic N) is 1. The number of rotatable bonds is 5. The second-order valence-electron chi connectivity index (χ2n) is 6.58. The van der Waals surface area contributed by atoms with Crippen LogP contribution in [0.5, 0.6) is 5.75 Å². The van der Waals surface area contributed by atoms with Gasteiger partial charge in [-0.1, -0.05) is 48.0 Å². The molecule has 2 amide bonds. The molecule has 0 atom stereocenters. The van der Waals surface area contributed by atoms with Crippen molar-refractivity contribution in [2.75, 3.05) is 5.01 Å². The van der Waals surface area contributed by atoms with E-state index in [1.165, 1.54) is 23.2 Å². The summed E-state index contributed by atoms with van der Waals surface area (Å²) >= 11 is 6.29. The van der Waals surface area contributed by atoms with Crippen LogP contribution in [0.4, 0.5) is 10.1 Å². The average molecular weight is 423 g/mol. The lowest BCUT2D eigenvalue weighted by Gasteiger charge is -2.13. The molecule has 150 valence electrons. The fourth-order valence-electron chi connectivity index (χ4n) is 2.99. The summed E-state index contributed by atoms with van der Waals surface area (Å²) < 4.78 is 18.9. The van der Waals surface area contributed by atoms with Gasteiger partial charge in [-0.3, -0.25) is 15.0 Å². The van der Waals surface area contributed by atoms with E-state index < -0.39 is 11.8 Å². The van der Waals surface area contributed by atoms with Crippen LogP contribution in [0.2, 0.25) is 5.02 Å². The van der Waals surface area contributed by atoms with Crippen LogP contribution in [-0.4, -0.2) is 11.8 Å². The molecule has 1 aliphatic rings. The van der Waals surface area contributed by atoms with Crippen molar-refractivity contribution in [3.05, 3.63) is 100 Å². The molecule has 0 aromatic heterocycles. The number of hydrogen-bond donors (Lipinski definition) is 1. The van der Waals surface area contributed by atoms with Gasteiger partial charge in [-0.25, -0.2) is 9.40 Å². The van der Waals surface area contributed by atoms with Crippen LogP contribution in [0, 0.1) is 5.82 Å². The zero-order valence-electron chi connectivity index (χ0n) is 15.6. The number of halogens is 2. The molecule has 5 nitrogen and oxygen atoms in total. The van der Waals surface area contributed by atoms with E-state index in [1.54, 1.807) is 54.6 Å². The Kier molecular flexibility index (Phi) is 5.50. The first kappa shape index (κ1) is 19.7. The second kappa shape index (κ2) is 8.39. The number of nitrogens with one attached hydrogen (secondary N) is 1. The van der Waals surface area contributed by atoms with Gasteiger partial charge in [0.15, 0.2) is 0 Å². The van der Waals surface area contributed by atoms with Gasteiger partial charge in [0.05, 0.1) is 10.7 Å². The van der Waals surface area contributed by atoms with Gasteiger partial charge in [-0.2, -0.15) is 0 Å². The van der Waals surface area contributed by atoms with Crippen molar-refractivity contribution in [3.8, 4) is 5.75 Å². The number of ether oxygens (including phenoxy) is 1. The largest absolute Gasteiger partial charge is 0.487 e. The summed E-state index contributed by atoms with van der Waals surface area (Å²) in [6.45, 7) is 0.158. The first-order valence-corrected chi connectivity index (χ1v) is 9.48. The van der Waals surface area contributed by atoms with Crippen LogP contribution in [0.15, 0.2) is 78.4 Å². The molecule has 30 heavy (non-hydrogen) atoms. The highest BCUT2D eigenvalue weighted by molar-refractivity contribution is 6.33. The van der Waals surface area contributed by atoms with Gasteiger partial charge in [0, 0.05) is 0 Å². The van der Waals surface area contributed by atoms with E-state index in [0.29, 0.717) is 27.6 Å². The van der Waals surface area contributed by atoms with Gasteiger partial charge in [0.25, 0.3) is 11.8 Å².